The molecule has 1 N–H and O–H groups in total. The van der Waals surface area contributed by atoms with Crippen LogP contribution in [0.1, 0.15) is 63.1 Å². The second-order valence-electron chi connectivity index (χ2n) is 9.58. The molecule has 0 bridgehead atoms. The molecule has 1 saturated carbocycles. The zero-order chi connectivity index (χ0) is 24.0. The fourth-order valence-corrected chi connectivity index (χ4v) is 5.13. The first kappa shape index (κ1) is 23.2. The number of hydrogen-bond acceptors (Lipinski definition) is 5. The molecule has 0 radical (unpaired) electrons. The lowest BCUT2D eigenvalue weighted by molar-refractivity contribution is 0.315. The highest BCUT2D eigenvalue weighted by molar-refractivity contribution is 5.78. The number of nitrogens with one attached hydrogen (secondary N) is 1. The van der Waals surface area contributed by atoms with Crippen molar-refractivity contribution in [1.82, 2.24) is 34.7 Å². The maximum Gasteiger partial charge on any atom is 0.328 e. The molecule has 1 aliphatic carbocycles. The molecule has 4 aromatic rings. The molecular weight excluding hydrogens is 438 g/mol. The van der Waals surface area contributed by atoms with Crippen molar-refractivity contribution in [3.05, 3.63) is 70.5 Å². The van der Waals surface area contributed by atoms with Crippen molar-refractivity contribution >= 4 is 0 Å². The van der Waals surface area contributed by atoms with Crippen LogP contribution in [0.2, 0.25) is 0 Å². The minimum Gasteiger partial charge on any atom is -0.299 e. The van der Waals surface area contributed by atoms with E-state index in [1.807, 2.05) is 45.7 Å². The number of H-pyrrole nitrogens is 1. The average Bonchev–Trinajstić information content (AvgIpc) is 3.54. The summed E-state index contributed by atoms with van der Waals surface area (Å²) in [5.41, 5.74) is 4.90. The minimum atomic E-state index is 0.105. The van der Waals surface area contributed by atoms with Crippen LogP contribution in [0.25, 0.3) is 22.6 Å². The van der Waals surface area contributed by atoms with E-state index in [2.05, 4.69) is 39.8 Å². The van der Waals surface area contributed by atoms with E-state index in [9.17, 15) is 4.79 Å². The summed E-state index contributed by atoms with van der Waals surface area (Å²) < 4.78 is 3.91. The Morgan fingerprint density at radius 1 is 1.06 bits per heavy atom. The third kappa shape index (κ3) is 5.26. The van der Waals surface area contributed by atoms with E-state index < -0.39 is 0 Å². The van der Waals surface area contributed by atoms with Crippen LogP contribution in [0.5, 0.6) is 0 Å². The second-order valence-corrected chi connectivity index (χ2v) is 9.58. The highest BCUT2D eigenvalue weighted by Crippen LogP contribution is 2.28. The van der Waals surface area contributed by atoms with Crippen LogP contribution in [-0.4, -0.2) is 34.7 Å². The second kappa shape index (κ2) is 10.8. The molecule has 3 aromatic heterocycles. The number of hydrogen-bond donors (Lipinski definition) is 1. The van der Waals surface area contributed by atoms with Crippen molar-refractivity contribution in [1.29, 1.82) is 0 Å². The number of unbranched alkanes of at least 4 members (excludes halogenated alkanes) is 1. The van der Waals surface area contributed by atoms with Gasteiger partial charge >= 0.3 is 5.69 Å². The Hall–Kier alpha value is -3.55. The first-order valence-electron chi connectivity index (χ1n) is 12.8. The highest BCUT2D eigenvalue weighted by atomic mass is 16.1. The predicted molar refractivity (Wildman–Crippen MR) is 136 cm³/mol. The Balaban J connectivity index is 1.39. The van der Waals surface area contributed by atoms with Gasteiger partial charge in [-0.15, -0.1) is 10.2 Å². The maximum atomic E-state index is 13.4. The fourth-order valence-electron chi connectivity index (χ4n) is 5.13. The molecule has 3 heterocycles. The van der Waals surface area contributed by atoms with Gasteiger partial charge in [-0.25, -0.2) is 4.79 Å². The molecule has 0 atom stereocenters. The van der Waals surface area contributed by atoms with Gasteiger partial charge < -0.3 is 0 Å². The number of aromatic amines is 1. The molecule has 0 amide bonds. The summed E-state index contributed by atoms with van der Waals surface area (Å²) in [4.78, 5) is 18.1. The summed E-state index contributed by atoms with van der Waals surface area (Å²) in [6.07, 6.45) is 13.5. The first-order chi connectivity index (χ1) is 17.2. The van der Waals surface area contributed by atoms with E-state index in [0.717, 1.165) is 53.9 Å². The third-order valence-corrected chi connectivity index (χ3v) is 7.05. The number of aromatic nitrogens is 7. The van der Waals surface area contributed by atoms with Crippen LogP contribution in [0.3, 0.4) is 0 Å². The molecule has 0 saturated heterocycles. The zero-order valence-electron chi connectivity index (χ0n) is 20.4. The van der Waals surface area contributed by atoms with Crippen LogP contribution in [0.4, 0.5) is 0 Å². The number of rotatable bonds is 9. The van der Waals surface area contributed by atoms with E-state index in [-0.39, 0.29) is 5.69 Å². The van der Waals surface area contributed by atoms with Gasteiger partial charge in [0.05, 0.1) is 12.2 Å². The van der Waals surface area contributed by atoms with Crippen LogP contribution < -0.4 is 5.69 Å². The summed E-state index contributed by atoms with van der Waals surface area (Å²) in [6.45, 7) is 3.57. The van der Waals surface area contributed by atoms with Crippen molar-refractivity contribution < 1.29 is 0 Å². The zero-order valence-corrected chi connectivity index (χ0v) is 20.4. The number of benzene rings is 1. The largest absolute Gasteiger partial charge is 0.328 e. The van der Waals surface area contributed by atoms with Crippen LogP contribution in [-0.2, 0) is 19.5 Å². The summed E-state index contributed by atoms with van der Waals surface area (Å²) in [7, 11) is 0. The Morgan fingerprint density at radius 3 is 2.60 bits per heavy atom. The molecule has 5 rings (SSSR count). The third-order valence-electron chi connectivity index (χ3n) is 7.05. The lowest BCUT2D eigenvalue weighted by atomic mass is 9.89. The quantitative estimate of drug-likeness (QED) is 0.376. The molecule has 1 fully saturated rings. The summed E-state index contributed by atoms with van der Waals surface area (Å²) in [5, 5.41) is 14.4. The van der Waals surface area contributed by atoms with Crippen molar-refractivity contribution in [2.45, 2.75) is 71.4 Å². The minimum absolute atomic E-state index is 0.105. The lowest BCUT2D eigenvalue weighted by Gasteiger charge is -2.21. The van der Waals surface area contributed by atoms with Crippen molar-refractivity contribution in [3.8, 4) is 22.6 Å². The topological polar surface area (TPSA) is 94.3 Å². The van der Waals surface area contributed by atoms with E-state index in [1.54, 1.807) is 0 Å². The smallest absolute Gasteiger partial charge is 0.299 e. The average molecular weight is 472 g/mol. The molecular formula is C27H33N7O. The van der Waals surface area contributed by atoms with Gasteiger partial charge in [0.15, 0.2) is 0 Å². The number of imidazole rings is 1. The number of tetrazole rings is 1. The molecule has 0 spiro atoms. The van der Waals surface area contributed by atoms with Gasteiger partial charge in [0.25, 0.3) is 0 Å². The summed E-state index contributed by atoms with van der Waals surface area (Å²) >= 11 is 0. The summed E-state index contributed by atoms with van der Waals surface area (Å²) in [6, 6.07) is 12.0. The number of aryl methyl sites for hydroxylation is 1. The standard InChI is InChI=1S/C27H33N7O/c1-2-3-11-22-19-33(17-20-9-5-4-6-10-20)27(35)34(22)18-21-14-15-25(28-16-21)23-12-7-8-13-24(23)26-29-31-32-30-26/h7-8,12-16,19-20H,2-6,9-11,17-18H2,1H3,(H,29,30,31,32). The van der Waals surface area contributed by atoms with Gasteiger partial charge in [-0.2, -0.15) is 5.21 Å². The Labute approximate surface area is 205 Å². The molecule has 8 heteroatoms. The summed E-state index contributed by atoms with van der Waals surface area (Å²) in [5.74, 6) is 1.16. The molecule has 0 aliphatic heterocycles. The van der Waals surface area contributed by atoms with Crippen molar-refractivity contribution in [2.24, 2.45) is 5.92 Å². The van der Waals surface area contributed by atoms with Crippen LogP contribution in [0.15, 0.2) is 53.6 Å². The monoisotopic (exact) mass is 471 g/mol. The van der Waals surface area contributed by atoms with Crippen LogP contribution >= 0.6 is 0 Å². The van der Waals surface area contributed by atoms with Gasteiger partial charge in [0.1, 0.15) is 0 Å². The van der Waals surface area contributed by atoms with E-state index in [4.69, 9.17) is 4.98 Å². The van der Waals surface area contributed by atoms with Gasteiger partial charge in [-0.3, -0.25) is 14.1 Å². The lowest BCUT2D eigenvalue weighted by Crippen LogP contribution is -2.28. The Kier molecular flexibility index (Phi) is 7.16. The number of pyridine rings is 1. The van der Waals surface area contributed by atoms with Gasteiger partial charge in [-0.1, -0.05) is 62.9 Å². The van der Waals surface area contributed by atoms with Gasteiger partial charge in [-0.05, 0) is 48.4 Å². The van der Waals surface area contributed by atoms with E-state index in [0.29, 0.717) is 18.3 Å². The Bertz CT molecular complexity index is 1280. The molecule has 1 aromatic carbocycles. The predicted octanol–water partition coefficient (Wildman–Crippen LogP) is 4.86. The normalized spacial score (nSPS) is 14.4. The van der Waals surface area contributed by atoms with E-state index in [1.165, 1.54) is 32.1 Å². The molecule has 35 heavy (non-hydrogen) atoms. The highest BCUT2D eigenvalue weighted by Gasteiger charge is 2.18. The van der Waals surface area contributed by atoms with Gasteiger partial charge in [0, 0.05) is 35.8 Å². The molecule has 0 unspecified atom stereocenters. The van der Waals surface area contributed by atoms with Crippen molar-refractivity contribution in [3.63, 3.8) is 0 Å². The van der Waals surface area contributed by atoms with Crippen LogP contribution in [0, 0.1) is 5.92 Å². The fraction of sp³-hybridized carbons (Fsp3) is 0.444. The molecule has 182 valence electrons. The Morgan fingerprint density at radius 2 is 1.89 bits per heavy atom. The van der Waals surface area contributed by atoms with Gasteiger partial charge in [0.2, 0.25) is 5.82 Å². The van der Waals surface area contributed by atoms with Crippen molar-refractivity contribution in [2.75, 3.05) is 0 Å². The molecule has 8 nitrogen and oxygen atoms in total. The number of nitrogens with zero attached hydrogens (tertiary/aromatic N) is 6. The molecule has 1 aliphatic rings. The first-order valence-corrected chi connectivity index (χ1v) is 12.8. The SMILES string of the molecule is CCCCc1cn(CC2CCCCC2)c(=O)n1Cc1ccc(-c2ccccc2-c2nn[nH]n2)nc1. The maximum absolute atomic E-state index is 13.4. The van der Waals surface area contributed by atoms with E-state index >= 15 is 0 Å².